The minimum atomic E-state index is -0.919. The number of pyridine rings is 1. The maximum Gasteiger partial charge on any atom is 0.250 e. The van der Waals surface area contributed by atoms with Crippen LogP contribution in [0.25, 0.3) is 0 Å². The van der Waals surface area contributed by atoms with Gasteiger partial charge in [-0.15, -0.1) is 0 Å². The molecular weight excluding hydrogens is 586 g/mol. The molecule has 4 heterocycles. The maximum atomic E-state index is 13.9. The van der Waals surface area contributed by atoms with Gasteiger partial charge in [0.1, 0.15) is 11.8 Å². The SMILES string of the molecule is COc1cc(C(CC(=O)NC(CCSC)C(=O)N2CC3CC(C2)c2cccc(=O)n2C3)c2oc(C)cc(=O)c2O)ccc1O. The zero-order valence-electron chi connectivity index (χ0n) is 24.9. The number of hydrogen-bond acceptors (Lipinski definition) is 9. The predicted molar refractivity (Wildman–Crippen MR) is 166 cm³/mol. The largest absolute Gasteiger partial charge is 0.504 e. The lowest BCUT2D eigenvalue weighted by Crippen LogP contribution is -2.55. The lowest BCUT2D eigenvalue weighted by atomic mass is 9.83. The minimum Gasteiger partial charge on any atom is -0.504 e. The van der Waals surface area contributed by atoms with Gasteiger partial charge in [-0.05, 0) is 61.5 Å². The van der Waals surface area contributed by atoms with Gasteiger partial charge in [0.05, 0.1) is 13.0 Å². The molecule has 44 heavy (non-hydrogen) atoms. The van der Waals surface area contributed by atoms with Crippen LogP contribution in [0.2, 0.25) is 0 Å². The van der Waals surface area contributed by atoms with E-state index in [1.54, 1.807) is 41.8 Å². The fourth-order valence-electron chi connectivity index (χ4n) is 6.36. The van der Waals surface area contributed by atoms with E-state index in [2.05, 4.69) is 5.32 Å². The van der Waals surface area contributed by atoms with Crippen LogP contribution < -0.4 is 21.0 Å². The molecule has 1 fully saturated rings. The molecule has 234 valence electrons. The van der Waals surface area contributed by atoms with Crippen LogP contribution >= 0.6 is 11.8 Å². The van der Waals surface area contributed by atoms with E-state index in [-0.39, 0.29) is 52.7 Å². The second kappa shape index (κ2) is 13.2. The van der Waals surface area contributed by atoms with Crippen LogP contribution in [0.3, 0.4) is 0 Å². The molecule has 0 saturated carbocycles. The highest BCUT2D eigenvalue weighted by atomic mass is 32.2. The number of rotatable bonds is 10. The summed E-state index contributed by atoms with van der Waals surface area (Å²) in [6.07, 6.45) is 2.99. The zero-order chi connectivity index (χ0) is 31.5. The van der Waals surface area contributed by atoms with Gasteiger partial charge in [0.25, 0.3) is 5.56 Å². The molecule has 4 unspecified atom stereocenters. The molecule has 2 aliphatic heterocycles. The molecule has 0 spiro atoms. The molecule has 11 nitrogen and oxygen atoms in total. The summed E-state index contributed by atoms with van der Waals surface area (Å²) in [6.45, 7) is 3.08. The summed E-state index contributed by atoms with van der Waals surface area (Å²) in [5, 5.41) is 23.7. The Morgan fingerprint density at radius 2 is 1.93 bits per heavy atom. The summed E-state index contributed by atoms with van der Waals surface area (Å²) < 4.78 is 12.8. The molecule has 2 aliphatic rings. The number of piperidine rings is 1. The summed E-state index contributed by atoms with van der Waals surface area (Å²) in [5.74, 6) is -1.17. The number of aryl methyl sites for hydroxylation is 1. The van der Waals surface area contributed by atoms with E-state index in [0.717, 1.165) is 18.2 Å². The van der Waals surface area contributed by atoms with Crippen LogP contribution in [-0.4, -0.2) is 69.7 Å². The van der Waals surface area contributed by atoms with E-state index in [4.69, 9.17) is 9.15 Å². The highest BCUT2D eigenvalue weighted by Crippen LogP contribution is 2.38. The summed E-state index contributed by atoms with van der Waals surface area (Å²) in [6, 6.07) is 10.1. The topological polar surface area (TPSA) is 151 Å². The molecule has 0 aliphatic carbocycles. The number of benzene rings is 1. The lowest BCUT2D eigenvalue weighted by Gasteiger charge is -2.43. The van der Waals surface area contributed by atoms with Crippen molar-refractivity contribution in [2.75, 3.05) is 32.2 Å². The highest BCUT2D eigenvalue weighted by molar-refractivity contribution is 7.98. The molecule has 4 atom stereocenters. The molecular formula is C32H37N3O8S. The normalized spacial score (nSPS) is 18.7. The molecule has 1 saturated heterocycles. The predicted octanol–water partition coefficient (Wildman–Crippen LogP) is 2.94. The second-order valence-electron chi connectivity index (χ2n) is 11.5. The summed E-state index contributed by atoms with van der Waals surface area (Å²) in [7, 11) is 1.39. The molecule has 2 aromatic heterocycles. The number of carbonyl (C=O) groups is 2. The van der Waals surface area contributed by atoms with Crippen LogP contribution in [0.5, 0.6) is 17.2 Å². The van der Waals surface area contributed by atoms with Crippen molar-refractivity contribution in [3.8, 4) is 17.2 Å². The minimum absolute atomic E-state index is 0.0293. The first kappa shape index (κ1) is 31.2. The number of aromatic nitrogens is 1. The van der Waals surface area contributed by atoms with E-state index in [0.29, 0.717) is 37.4 Å². The Labute approximate surface area is 258 Å². The number of phenolic OH excluding ortho intramolecular Hbond substituents is 1. The zero-order valence-corrected chi connectivity index (χ0v) is 25.8. The van der Waals surface area contributed by atoms with E-state index in [1.165, 1.54) is 19.2 Å². The number of carbonyl (C=O) groups excluding carboxylic acids is 2. The number of hydrogen-bond donors (Lipinski definition) is 3. The summed E-state index contributed by atoms with van der Waals surface area (Å²) in [5.41, 5.74) is 0.719. The first-order chi connectivity index (χ1) is 21.1. The van der Waals surface area contributed by atoms with Crippen molar-refractivity contribution in [3.63, 3.8) is 0 Å². The standard InChI is InChI=1S/C32H37N3O8S/c1-18-11-26(37)30(40)31(43-18)22(20-7-8-25(36)27(13-20)42-2)14-28(38)33-23(9-10-44-3)32(41)34-15-19-12-21(17-34)24-5-4-6-29(39)35(24)16-19/h4-8,11,13,19,21-23,36,40H,9-10,12,14-17H2,1-3H3,(H,33,38). The smallest absolute Gasteiger partial charge is 0.250 e. The van der Waals surface area contributed by atoms with Crippen molar-refractivity contribution in [1.82, 2.24) is 14.8 Å². The Hall–Kier alpha value is -4.19. The number of thioether (sulfide) groups is 1. The number of nitrogens with zero attached hydrogens (tertiary/aromatic N) is 2. The first-order valence-electron chi connectivity index (χ1n) is 14.6. The van der Waals surface area contributed by atoms with Gasteiger partial charge in [-0.2, -0.15) is 11.8 Å². The summed E-state index contributed by atoms with van der Waals surface area (Å²) in [4.78, 5) is 54.3. The van der Waals surface area contributed by atoms with Gasteiger partial charge in [-0.25, -0.2) is 0 Å². The summed E-state index contributed by atoms with van der Waals surface area (Å²) >= 11 is 1.57. The van der Waals surface area contributed by atoms with Crippen LogP contribution in [0.4, 0.5) is 0 Å². The maximum absolute atomic E-state index is 13.9. The number of methoxy groups -OCH3 is 1. The van der Waals surface area contributed by atoms with Crippen molar-refractivity contribution in [1.29, 1.82) is 0 Å². The first-order valence-corrected chi connectivity index (χ1v) is 16.0. The lowest BCUT2D eigenvalue weighted by molar-refractivity contribution is -0.139. The van der Waals surface area contributed by atoms with Crippen molar-refractivity contribution in [2.45, 2.75) is 50.6 Å². The molecule has 12 heteroatoms. The molecule has 2 amide bonds. The van der Waals surface area contributed by atoms with Gasteiger partial charge in [0.2, 0.25) is 23.0 Å². The van der Waals surface area contributed by atoms with Gasteiger partial charge in [0, 0.05) is 49.8 Å². The molecule has 1 aromatic carbocycles. The Balaban J connectivity index is 1.39. The van der Waals surface area contributed by atoms with Gasteiger partial charge in [-0.1, -0.05) is 12.1 Å². The number of aromatic hydroxyl groups is 2. The third-order valence-electron chi connectivity index (χ3n) is 8.42. The Bertz CT molecular complexity index is 1670. The Morgan fingerprint density at radius 3 is 2.68 bits per heavy atom. The Morgan fingerprint density at radius 1 is 1.14 bits per heavy atom. The third-order valence-corrected chi connectivity index (χ3v) is 9.06. The van der Waals surface area contributed by atoms with Crippen LogP contribution in [0.1, 0.15) is 53.9 Å². The number of likely N-dealkylation sites (tertiary alicyclic amines) is 1. The van der Waals surface area contributed by atoms with E-state index in [1.807, 2.05) is 16.9 Å². The molecule has 2 bridgehead atoms. The van der Waals surface area contributed by atoms with Crippen molar-refractivity contribution in [2.24, 2.45) is 5.92 Å². The van der Waals surface area contributed by atoms with Crippen molar-refractivity contribution in [3.05, 3.63) is 85.8 Å². The number of fused-ring (bicyclic) bond motifs is 4. The van der Waals surface area contributed by atoms with E-state index >= 15 is 0 Å². The molecule has 5 rings (SSSR count). The van der Waals surface area contributed by atoms with Crippen LogP contribution in [0.15, 0.2) is 56.5 Å². The monoisotopic (exact) mass is 623 g/mol. The van der Waals surface area contributed by atoms with E-state index < -0.39 is 29.0 Å². The quantitative estimate of drug-likeness (QED) is 0.310. The molecule has 3 aromatic rings. The average Bonchev–Trinajstić information content (AvgIpc) is 3.00. The third kappa shape index (κ3) is 6.50. The fourth-order valence-corrected chi connectivity index (χ4v) is 6.83. The number of ether oxygens (including phenoxy) is 1. The van der Waals surface area contributed by atoms with Gasteiger partial charge >= 0.3 is 0 Å². The number of nitrogens with one attached hydrogen (secondary N) is 1. The van der Waals surface area contributed by atoms with Crippen LogP contribution in [0, 0.1) is 12.8 Å². The number of amides is 2. The fraction of sp³-hybridized carbons (Fsp3) is 0.438. The van der Waals surface area contributed by atoms with Crippen LogP contribution in [-0.2, 0) is 16.1 Å². The Kier molecular flexibility index (Phi) is 9.38. The molecule has 0 radical (unpaired) electrons. The average molecular weight is 624 g/mol. The van der Waals surface area contributed by atoms with Gasteiger partial charge in [0.15, 0.2) is 17.3 Å². The molecule has 3 N–H and O–H groups in total. The van der Waals surface area contributed by atoms with E-state index in [9.17, 15) is 29.4 Å². The second-order valence-corrected chi connectivity index (χ2v) is 12.5. The van der Waals surface area contributed by atoms with Gasteiger partial charge in [-0.3, -0.25) is 19.2 Å². The van der Waals surface area contributed by atoms with Crippen molar-refractivity contribution >= 4 is 23.6 Å². The van der Waals surface area contributed by atoms with Crippen molar-refractivity contribution < 1.29 is 29.0 Å². The van der Waals surface area contributed by atoms with Gasteiger partial charge < -0.3 is 34.2 Å². The number of phenols is 1. The highest BCUT2D eigenvalue weighted by Gasteiger charge is 2.38.